The molecule has 1 N–H and O–H groups in total. The molecule has 1 spiro atoms. The molecule has 33 heavy (non-hydrogen) atoms. The zero-order chi connectivity index (χ0) is 24.6. The van der Waals surface area contributed by atoms with E-state index in [1.165, 1.54) is 30.1 Å². The van der Waals surface area contributed by atoms with Crippen molar-refractivity contribution in [3.05, 3.63) is 29.8 Å². The van der Waals surface area contributed by atoms with Crippen LogP contribution in [0.25, 0.3) is 0 Å². The molecule has 0 radical (unpaired) electrons. The topological polar surface area (TPSA) is 79.0 Å². The molecule has 0 aromatic heterocycles. The minimum Gasteiger partial charge on any atom is -0.405 e. The van der Waals surface area contributed by atoms with Crippen molar-refractivity contribution in [1.29, 1.82) is 0 Å². The first-order valence-electron chi connectivity index (χ1n) is 10.9. The Morgan fingerprint density at radius 2 is 1.79 bits per heavy atom. The van der Waals surface area contributed by atoms with Gasteiger partial charge in [0.1, 0.15) is 17.8 Å². The Morgan fingerprint density at radius 3 is 2.36 bits per heavy atom. The predicted molar refractivity (Wildman–Crippen MR) is 114 cm³/mol. The van der Waals surface area contributed by atoms with Gasteiger partial charge in [-0.15, -0.1) is 13.2 Å². The highest BCUT2D eigenvalue weighted by Crippen LogP contribution is 2.43. The molecule has 7 nitrogen and oxygen atoms in total. The average Bonchev–Trinajstić information content (AvgIpc) is 2.92. The van der Waals surface area contributed by atoms with Crippen LogP contribution in [0.4, 0.5) is 18.0 Å². The lowest BCUT2D eigenvalue weighted by Gasteiger charge is -2.40. The van der Waals surface area contributed by atoms with Crippen LogP contribution in [0, 0.1) is 11.3 Å². The molecule has 10 heteroatoms. The second-order valence-corrected chi connectivity index (χ2v) is 9.95. The number of urea groups is 1. The number of benzene rings is 1. The standard InChI is InChI=1S/C23H30F3N3O4/c1-21(2,3)16-9-11-22(12-10-16)19(31)29(20(32)27-22)14-18(30)28(4)13-15-7-5-6-8-17(15)33-23(24,25)26/h5-8,16H,9-14H2,1-4H3,(H,27,32). The van der Waals surface area contributed by atoms with E-state index >= 15 is 0 Å². The molecule has 0 unspecified atom stereocenters. The number of likely N-dealkylation sites (N-methyl/N-ethyl adjacent to an activating group) is 1. The molecule has 1 aromatic carbocycles. The summed E-state index contributed by atoms with van der Waals surface area (Å²) in [5.41, 5.74) is -0.720. The fourth-order valence-corrected chi connectivity index (χ4v) is 4.59. The molecule has 0 bridgehead atoms. The third kappa shape index (κ3) is 5.59. The SMILES string of the molecule is CN(Cc1ccccc1OC(F)(F)F)C(=O)CN1C(=O)NC2(CCC(C(C)(C)C)CC2)C1=O. The van der Waals surface area contributed by atoms with E-state index in [-0.39, 0.29) is 17.5 Å². The minimum atomic E-state index is -4.86. The Labute approximate surface area is 191 Å². The van der Waals surface area contributed by atoms with E-state index in [0.717, 1.165) is 23.8 Å². The molecule has 1 aliphatic carbocycles. The van der Waals surface area contributed by atoms with Crippen molar-refractivity contribution in [3.8, 4) is 5.75 Å². The number of hydrogen-bond acceptors (Lipinski definition) is 4. The Balaban J connectivity index is 1.64. The fourth-order valence-electron chi connectivity index (χ4n) is 4.59. The van der Waals surface area contributed by atoms with E-state index in [0.29, 0.717) is 18.8 Å². The number of alkyl halides is 3. The lowest BCUT2D eigenvalue weighted by Crippen LogP contribution is -2.51. The predicted octanol–water partition coefficient (Wildman–Crippen LogP) is 4.07. The van der Waals surface area contributed by atoms with Gasteiger partial charge >= 0.3 is 12.4 Å². The van der Waals surface area contributed by atoms with Crippen LogP contribution in [-0.2, 0) is 16.1 Å². The summed E-state index contributed by atoms with van der Waals surface area (Å²) in [7, 11) is 1.40. The van der Waals surface area contributed by atoms with E-state index in [1.807, 2.05) is 0 Å². The molecule has 0 atom stereocenters. The van der Waals surface area contributed by atoms with E-state index in [4.69, 9.17) is 0 Å². The zero-order valence-electron chi connectivity index (χ0n) is 19.3. The first-order chi connectivity index (χ1) is 15.2. The van der Waals surface area contributed by atoms with Gasteiger partial charge in [-0.1, -0.05) is 39.0 Å². The van der Waals surface area contributed by atoms with E-state index in [1.54, 1.807) is 0 Å². The Kier molecular flexibility index (Phi) is 6.68. The number of imide groups is 1. The summed E-state index contributed by atoms with van der Waals surface area (Å²) < 4.78 is 42.0. The maximum atomic E-state index is 13.1. The zero-order valence-corrected chi connectivity index (χ0v) is 19.3. The van der Waals surface area contributed by atoms with Gasteiger partial charge in [0.25, 0.3) is 5.91 Å². The summed E-state index contributed by atoms with van der Waals surface area (Å²) in [6, 6.07) is 4.90. The molecular formula is C23H30F3N3O4. The van der Waals surface area contributed by atoms with Crippen molar-refractivity contribution in [2.45, 2.75) is 64.9 Å². The van der Waals surface area contributed by atoms with Crippen molar-refractivity contribution in [2.75, 3.05) is 13.6 Å². The second kappa shape index (κ2) is 8.87. The molecule has 3 rings (SSSR count). The van der Waals surface area contributed by atoms with Crippen molar-refractivity contribution in [3.63, 3.8) is 0 Å². The van der Waals surface area contributed by atoms with Gasteiger partial charge in [0.2, 0.25) is 5.91 Å². The lowest BCUT2D eigenvalue weighted by molar-refractivity contribution is -0.275. The maximum Gasteiger partial charge on any atom is 0.573 e. The van der Waals surface area contributed by atoms with Crippen molar-refractivity contribution in [2.24, 2.45) is 11.3 Å². The van der Waals surface area contributed by atoms with Crippen LogP contribution in [0.15, 0.2) is 24.3 Å². The van der Waals surface area contributed by atoms with Gasteiger partial charge in [0.15, 0.2) is 0 Å². The maximum absolute atomic E-state index is 13.1. The summed E-state index contributed by atoms with van der Waals surface area (Å²) in [4.78, 5) is 40.5. The van der Waals surface area contributed by atoms with Crippen molar-refractivity contribution in [1.82, 2.24) is 15.1 Å². The van der Waals surface area contributed by atoms with Gasteiger partial charge in [-0.2, -0.15) is 0 Å². The van der Waals surface area contributed by atoms with Crippen molar-refractivity contribution >= 4 is 17.8 Å². The van der Waals surface area contributed by atoms with Crippen LogP contribution in [0.2, 0.25) is 0 Å². The highest BCUT2D eigenvalue weighted by Gasteiger charge is 2.53. The summed E-state index contributed by atoms with van der Waals surface area (Å²) >= 11 is 0. The summed E-state index contributed by atoms with van der Waals surface area (Å²) in [6.07, 6.45) is -2.23. The van der Waals surface area contributed by atoms with Gasteiger partial charge in [0, 0.05) is 19.2 Å². The van der Waals surface area contributed by atoms with Crippen LogP contribution in [0.3, 0.4) is 0 Å². The molecule has 1 aromatic rings. The number of carbonyl (C=O) groups excluding carboxylic acids is 3. The van der Waals surface area contributed by atoms with Gasteiger partial charge in [0.05, 0.1) is 0 Å². The van der Waals surface area contributed by atoms with E-state index < -0.39 is 42.0 Å². The Morgan fingerprint density at radius 1 is 1.18 bits per heavy atom. The van der Waals surface area contributed by atoms with Gasteiger partial charge in [-0.3, -0.25) is 14.5 Å². The molecular weight excluding hydrogens is 439 g/mol. The number of nitrogens with one attached hydrogen (secondary N) is 1. The van der Waals surface area contributed by atoms with Crippen molar-refractivity contribution < 1.29 is 32.3 Å². The molecule has 182 valence electrons. The third-order valence-corrected chi connectivity index (χ3v) is 6.63. The molecule has 1 aliphatic heterocycles. The van der Waals surface area contributed by atoms with Crippen LogP contribution in [0.1, 0.15) is 52.0 Å². The third-order valence-electron chi connectivity index (χ3n) is 6.63. The number of halogens is 3. The molecule has 1 heterocycles. The number of rotatable bonds is 5. The van der Waals surface area contributed by atoms with E-state index in [9.17, 15) is 27.6 Å². The number of nitrogens with zero attached hydrogens (tertiary/aromatic N) is 2. The van der Waals surface area contributed by atoms with E-state index in [2.05, 4.69) is 30.8 Å². The smallest absolute Gasteiger partial charge is 0.405 e. The largest absolute Gasteiger partial charge is 0.573 e. The van der Waals surface area contributed by atoms with Crippen LogP contribution in [-0.4, -0.2) is 53.1 Å². The Hall–Kier alpha value is -2.78. The number of ether oxygens (including phenoxy) is 1. The monoisotopic (exact) mass is 469 g/mol. The molecule has 4 amide bonds. The van der Waals surface area contributed by atoms with Gasteiger partial charge < -0.3 is 15.0 Å². The summed E-state index contributed by atoms with van der Waals surface area (Å²) in [6.45, 7) is 5.82. The number of hydrogen-bond donors (Lipinski definition) is 1. The highest BCUT2D eigenvalue weighted by atomic mass is 19.4. The molecule has 2 fully saturated rings. The van der Waals surface area contributed by atoms with Crippen LogP contribution < -0.4 is 10.1 Å². The van der Waals surface area contributed by atoms with Crippen LogP contribution >= 0.6 is 0 Å². The van der Waals surface area contributed by atoms with Crippen LogP contribution in [0.5, 0.6) is 5.75 Å². The number of para-hydroxylation sites is 1. The first-order valence-corrected chi connectivity index (χ1v) is 10.9. The minimum absolute atomic E-state index is 0.109. The number of amides is 4. The molecule has 1 saturated carbocycles. The van der Waals surface area contributed by atoms with Gasteiger partial charge in [-0.05, 0) is 43.1 Å². The summed E-state index contributed by atoms with van der Waals surface area (Å²) in [5.74, 6) is -0.953. The quantitative estimate of drug-likeness (QED) is 0.660. The number of carbonyl (C=O) groups is 3. The summed E-state index contributed by atoms with van der Waals surface area (Å²) in [5, 5.41) is 2.79. The normalized spacial score (nSPS) is 23.6. The average molecular weight is 470 g/mol. The Bertz CT molecular complexity index is 918. The molecule has 2 aliphatic rings. The first kappa shape index (κ1) is 24.9. The highest BCUT2D eigenvalue weighted by molar-refractivity contribution is 6.09. The second-order valence-electron chi connectivity index (χ2n) is 9.95. The fraction of sp³-hybridized carbons (Fsp3) is 0.609. The lowest BCUT2D eigenvalue weighted by atomic mass is 9.67. The van der Waals surface area contributed by atoms with Gasteiger partial charge in [-0.25, -0.2) is 4.79 Å². The molecule has 1 saturated heterocycles.